The van der Waals surface area contributed by atoms with Gasteiger partial charge in [-0.1, -0.05) is 26.0 Å². The summed E-state index contributed by atoms with van der Waals surface area (Å²) < 4.78 is 10.5. The van der Waals surface area contributed by atoms with Crippen molar-refractivity contribution in [3.05, 3.63) is 59.7 Å². The van der Waals surface area contributed by atoms with Crippen molar-refractivity contribution < 1.29 is 14.3 Å². The molecule has 0 aliphatic carbocycles. The average Bonchev–Trinajstić information content (AvgIpc) is 2.60. The first-order valence-electron chi connectivity index (χ1n) is 7.84. The third kappa shape index (κ3) is 4.62. The van der Waals surface area contributed by atoms with Gasteiger partial charge < -0.3 is 14.8 Å². The normalized spacial score (nSPS) is 10.9. The van der Waals surface area contributed by atoms with Crippen molar-refractivity contribution >= 4 is 17.7 Å². The van der Waals surface area contributed by atoms with E-state index >= 15 is 0 Å². The summed E-state index contributed by atoms with van der Waals surface area (Å²) in [5.74, 6) is 1.66. The fourth-order valence-electron chi connectivity index (χ4n) is 2.27. The van der Waals surface area contributed by atoms with Crippen molar-refractivity contribution in [3.8, 4) is 11.5 Å². The molecule has 2 aromatic rings. The van der Waals surface area contributed by atoms with E-state index in [0.29, 0.717) is 17.4 Å². The van der Waals surface area contributed by atoms with Crippen LogP contribution in [-0.2, 0) is 4.79 Å². The monoisotopic (exact) mass is 325 g/mol. The van der Waals surface area contributed by atoms with Gasteiger partial charge in [-0.25, -0.2) is 0 Å². The van der Waals surface area contributed by atoms with Crippen LogP contribution in [0.3, 0.4) is 0 Å². The minimum Gasteiger partial charge on any atom is -0.497 e. The maximum atomic E-state index is 12.1. The predicted octanol–water partition coefficient (Wildman–Crippen LogP) is 4.48. The first kappa shape index (κ1) is 17.6. The molecule has 0 spiro atoms. The van der Waals surface area contributed by atoms with E-state index in [2.05, 4.69) is 19.2 Å². The van der Waals surface area contributed by atoms with E-state index in [1.54, 1.807) is 26.4 Å². The highest BCUT2D eigenvalue weighted by molar-refractivity contribution is 6.02. The minimum absolute atomic E-state index is 0.197. The number of hydrogen-bond acceptors (Lipinski definition) is 3. The average molecular weight is 325 g/mol. The van der Waals surface area contributed by atoms with Gasteiger partial charge in [0.1, 0.15) is 11.5 Å². The summed E-state index contributed by atoms with van der Waals surface area (Å²) in [5, 5.41) is 2.85. The van der Waals surface area contributed by atoms with Crippen LogP contribution in [0, 0.1) is 0 Å². The highest BCUT2D eigenvalue weighted by Gasteiger charge is 2.04. The number of nitrogens with one attached hydrogen (secondary N) is 1. The molecule has 0 aliphatic rings. The molecule has 0 heterocycles. The molecule has 0 aliphatic heterocycles. The fraction of sp³-hybridized carbons (Fsp3) is 0.250. The topological polar surface area (TPSA) is 47.6 Å². The molecule has 2 rings (SSSR count). The number of benzene rings is 2. The van der Waals surface area contributed by atoms with Gasteiger partial charge in [-0.3, -0.25) is 4.79 Å². The molecule has 0 fully saturated rings. The number of amides is 1. The second-order valence-corrected chi connectivity index (χ2v) is 5.71. The van der Waals surface area contributed by atoms with Crippen molar-refractivity contribution in [1.82, 2.24) is 0 Å². The number of carbonyl (C=O) groups is 1. The van der Waals surface area contributed by atoms with Crippen LogP contribution < -0.4 is 14.8 Å². The number of hydrogen-bond donors (Lipinski definition) is 1. The number of rotatable bonds is 6. The molecule has 0 aromatic heterocycles. The van der Waals surface area contributed by atoms with E-state index in [1.165, 1.54) is 11.6 Å². The quantitative estimate of drug-likeness (QED) is 0.797. The lowest BCUT2D eigenvalue weighted by Gasteiger charge is -2.08. The summed E-state index contributed by atoms with van der Waals surface area (Å²) in [6, 6.07) is 13.3. The molecule has 0 bridgehead atoms. The number of methoxy groups -OCH3 is 2. The Hall–Kier alpha value is -2.75. The Labute approximate surface area is 143 Å². The lowest BCUT2D eigenvalue weighted by molar-refractivity contribution is -0.111. The van der Waals surface area contributed by atoms with E-state index < -0.39 is 0 Å². The largest absolute Gasteiger partial charge is 0.497 e. The van der Waals surface area contributed by atoms with Gasteiger partial charge in [-0.15, -0.1) is 0 Å². The Morgan fingerprint density at radius 3 is 2.33 bits per heavy atom. The van der Waals surface area contributed by atoms with Crippen molar-refractivity contribution in [1.29, 1.82) is 0 Å². The lowest BCUT2D eigenvalue weighted by atomic mass is 10.0. The lowest BCUT2D eigenvalue weighted by Crippen LogP contribution is -2.07. The number of carbonyl (C=O) groups excluding carboxylic acids is 1. The van der Waals surface area contributed by atoms with Crippen molar-refractivity contribution in [2.45, 2.75) is 19.8 Å². The predicted molar refractivity (Wildman–Crippen MR) is 97.7 cm³/mol. The zero-order valence-electron chi connectivity index (χ0n) is 14.5. The first-order valence-corrected chi connectivity index (χ1v) is 7.84. The SMILES string of the molecule is COc1ccc(OC)c(/C=C/C(=O)Nc2ccc(C(C)C)cc2)c1. The zero-order valence-corrected chi connectivity index (χ0v) is 14.5. The molecule has 4 nitrogen and oxygen atoms in total. The third-order valence-corrected chi connectivity index (χ3v) is 3.70. The molecule has 1 N–H and O–H groups in total. The second kappa shape index (κ2) is 8.20. The Kier molecular flexibility index (Phi) is 6.01. The Morgan fingerprint density at radius 2 is 1.75 bits per heavy atom. The van der Waals surface area contributed by atoms with Gasteiger partial charge in [0.2, 0.25) is 5.91 Å². The molecule has 1 amide bonds. The summed E-state index contributed by atoms with van der Waals surface area (Å²) in [6.45, 7) is 4.27. The van der Waals surface area contributed by atoms with Crippen LogP contribution >= 0.6 is 0 Å². The van der Waals surface area contributed by atoms with Crippen LogP contribution in [-0.4, -0.2) is 20.1 Å². The van der Waals surface area contributed by atoms with Crippen molar-refractivity contribution in [3.63, 3.8) is 0 Å². The van der Waals surface area contributed by atoms with Gasteiger partial charge >= 0.3 is 0 Å². The van der Waals surface area contributed by atoms with Crippen LogP contribution in [0.1, 0.15) is 30.9 Å². The molecule has 0 atom stereocenters. The summed E-state index contributed by atoms with van der Waals surface area (Å²) in [6.07, 6.45) is 3.19. The van der Waals surface area contributed by atoms with Gasteiger partial charge in [0.15, 0.2) is 0 Å². The molecule has 126 valence electrons. The number of ether oxygens (including phenoxy) is 2. The molecule has 0 saturated carbocycles. The van der Waals surface area contributed by atoms with Crippen molar-refractivity contribution in [2.24, 2.45) is 0 Å². The summed E-state index contributed by atoms with van der Waals surface area (Å²) in [7, 11) is 3.19. The van der Waals surface area contributed by atoms with E-state index in [4.69, 9.17) is 9.47 Å². The van der Waals surface area contributed by atoms with E-state index in [1.807, 2.05) is 36.4 Å². The smallest absolute Gasteiger partial charge is 0.248 e. The zero-order chi connectivity index (χ0) is 17.5. The molecular weight excluding hydrogens is 302 g/mol. The highest BCUT2D eigenvalue weighted by atomic mass is 16.5. The maximum absolute atomic E-state index is 12.1. The van der Waals surface area contributed by atoms with Gasteiger partial charge in [0.25, 0.3) is 0 Å². The van der Waals surface area contributed by atoms with Crippen LogP contribution in [0.4, 0.5) is 5.69 Å². The third-order valence-electron chi connectivity index (χ3n) is 3.70. The van der Waals surface area contributed by atoms with Crippen LogP contribution in [0.15, 0.2) is 48.5 Å². The van der Waals surface area contributed by atoms with Gasteiger partial charge in [0, 0.05) is 17.3 Å². The Bertz CT molecular complexity index is 718. The summed E-state index contributed by atoms with van der Waals surface area (Å²) in [4.78, 5) is 12.1. The van der Waals surface area contributed by atoms with Crippen LogP contribution in [0.2, 0.25) is 0 Å². The molecule has 0 radical (unpaired) electrons. The Balaban J connectivity index is 2.07. The highest BCUT2D eigenvalue weighted by Crippen LogP contribution is 2.25. The molecule has 4 heteroatoms. The molecule has 0 saturated heterocycles. The molecule has 0 unspecified atom stereocenters. The molecular formula is C20H23NO3. The van der Waals surface area contributed by atoms with E-state index in [-0.39, 0.29) is 5.91 Å². The maximum Gasteiger partial charge on any atom is 0.248 e. The van der Waals surface area contributed by atoms with E-state index in [0.717, 1.165) is 11.3 Å². The summed E-state index contributed by atoms with van der Waals surface area (Å²) in [5.41, 5.74) is 2.79. The van der Waals surface area contributed by atoms with Crippen LogP contribution in [0.25, 0.3) is 6.08 Å². The van der Waals surface area contributed by atoms with Gasteiger partial charge in [0.05, 0.1) is 14.2 Å². The molecule has 2 aromatic carbocycles. The second-order valence-electron chi connectivity index (χ2n) is 5.71. The minimum atomic E-state index is -0.197. The van der Waals surface area contributed by atoms with Crippen LogP contribution in [0.5, 0.6) is 11.5 Å². The van der Waals surface area contributed by atoms with E-state index in [9.17, 15) is 4.79 Å². The first-order chi connectivity index (χ1) is 11.5. The standard InChI is InChI=1S/C20H23NO3/c1-14(2)15-5-8-17(9-6-15)21-20(22)12-7-16-13-18(23-3)10-11-19(16)24-4/h5-14H,1-4H3,(H,21,22)/b12-7+. The Morgan fingerprint density at radius 1 is 1.04 bits per heavy atom. The van der Waals surface area contributed by atoms with Gasteiger partial charge in [-0.05, 0) is 47.9 Å². The molecule has 24 heavy (non-hydrogen) atoms. The van der Waals surface area contributed by atoms with Crippen molar-refractivity contribution in [2.75, 3.05) is 19.5 Å². The summed E-state index contributed by atoms with van der Waals surface area (Å²) >= 11 is 0. The van der Waals surface area contributed by atoms with Gasteiger partial charge in [-0.2, -0.15) is 0 Å². The number of anilines is 1. The fourth-order valence-corrected chi connectivity index (χ4v) is 2.27.